The SMILES string of the molecule is C1CCc2sc(CNC3CCOC4(CCOCC4)C3)nc2C1. The standard InChI is InChI=1S/C17H26N2O2S/c1-2-4-15-14(3-1)19-16(22-15)12-18-13-5-8-21-17(11-13)6-9-20-10-7-17/h13,18H,1-12H2. The monoisotopic (exact) mass is 322 g/mol. The van der Waals surface area contributed by atoms with Crippen LogP contribution in [0.3, 0.4) is 0 Å². The molecule has 0 bridgehead atoms. The molecule has 1 unspecified atom stereocenters. The van der Waals surface area contributed by atoms with Crippen molar-refractivity contribution >= 4 is 11.3 Å². The van der Waals surface area contributed by atoms with Crippen LogP contribution in [-0.2, 0) is 28.9 Å². The Hall–Kier alpha value is -0.490. The quantitative estimate of drug-likeness (QED) is 0.929. The summed E-state index contributed by atoms with van der Waals surface area (Å²) in [5.41, 5.74) is 1.46. The largest absolute Gasteiger partial charge is 0.381 e. The van der Waals surface area contributed by atoms with Gasteiger partial charge in [0, 0.05) is 37.3 Å². The molecule has 1 N–H and O–H groups in total. The van der Waals surface area contributed by atoms with E-state index in [2.05, 4.69) is 5.32 Å². The maximum absolute atomic E-state index is 6.12. The van der Waals surface area contributed by atoms with Crippen molar-refractivity contribution in [1.82, 2.24) is 10.3 Å². The average molecular weight is 322 g/mol. The molecule has 0 amide bonds. The molecule has 1 aromatic heterocycles. The van der Waals surface area contributed by atoms with Crippen LogP contribution in [0.1, 0.15) is 54.1 Å². The first kappa shape index (κ1) is 15.1. The Balaban J connectivity index is 1.34. The molecule has 4 nitrogen and oxygen atoms in total. The summed E-state index contributed by atoms with van der Waals surface area (Å²) in [4.78, 5) is 6.38. The molecule has 2 saturated heterocycles. The zero-order valence-electron chi connectivity index (χ0n) is 13.2. The highest BCUT2D eigenvalue weighted by atomic mass is 32.1. The average Bonchev–Trinajstić information content (AvgIpc) is 2.97. The summed E-state index contributed by atoms with van der Waals surface area (Å²) in [6.07, 6.45) is 9.43. The van der Waals surface area contributed by atoms with Gasteiger partial charge < -0.3 is 14.8 Å². The molecule has 0 aromatic carbocycles. The van der Waals surface area contributed by atoms with Crippen LogP contribution in [-0.4, -0.2) is 36.4 Å². The van der Waals surface area contributed by atoms with E-state index in [1.54, 1.807) is 0 Å². The Morgan fingerprint density at radius 3 is 2.91 bits per heavy atom. The predicted octanol–water partition coefficient (Wildman–Crippen LogP) is 2.84. The van der Waals surface area contributed by atoms with Crippen molar-refractivity contribution in [3.05, 3.63) is 15.6 Å². The Morgan fingerprint density at radius 1 is 1.18 bits per heavy atom. The third-order valence-electron chi connectivity index (χ3n) is 5.33. The van der Waals surface area contributed by atoms with Gasteiger partial charge in [0.25, 0.3) is 0 Å². The maximum Gasteiger partial charge on any atom is 0.107 e. The van der Waals surface area contributed by atoms with Gasteiger partial charge in [-0.05, 0) is 51.4 Å². The van der Waals surface area contributed by atoms with E-state index >= 15 is 0 Å². The van der Waals surface area contributed by atoms with Gasteiger partial charge in [-0.2, -0.15) is 0 Å². The predicted molar refractivity (Wildman–Crippen MR) is 87.4 cm³/mol. The van der Waals surface area contributed by atoms with Gasteiger partial charge in [-0.25, -0.2) is 4.98 Å². The second kappa shape index (κ2) is 6.56. The number of aromatic nitrogens is 1. The molecule has 3 aliphatic rings. The maximum atomic E-state index is 6.12. The molecule has 122 valence electrons. The molecule has 1 aliphatic carbocycles. The molecular weight excluding hydrogens is 296 g/mol. The van der Waals surface area contributed by atoms with Gasteiger partial charge in [0.05, 0.1) is 11.3 Å². The van der Waals surface area contributed by atoms with Crippen molar-refractivity contribution in [3.8, 4) is 0 Å². The summed E-state index contributed by atoms with van der Waals surface area (Å²) in [5, 5.41) is 5.02. The van der Waals surface area contributed by atoms with Gasteiger partial charge in [0.15, 0.2) is 0 Å². The Morgan fingerprint density at radius 2 is 2.05 bits per heavy atom. The highest BCUT2D eigenvalue weighted by Gasteiger charge is 2.38. The number of rotatable bonds is 3. The minimum atomic E-state index is 0.0796. The molecule has 22 heavy (non-hydrogen) atoms. The number of nitrogens with zero attached hydrogens (tertiary/aromatic N) is 1. The van der Waals surface area contributed by atoms with Crippen molar-refractivity contribution in [2.45, 2.75) is 69.6 Å². The van der Waals surface area contributed by atoms with E-state index in [-0.39, 0.29) is 5.60 Å². The lowest BCUT2D eigenvalue weighted by Gasteiger charge is -2.43. The number of fused-ring (bicyclic) bond motifs is 1. The van der Waals surface area contributed by atoms with E-state index in [9.17, 15) is 0 Å². The summed E-state index contributed by atoms with van der Waals surface area (Å²) in [6.45, 7) is 3.51. The third kappa shape index (κ3) is 3.23. The minimum Gasteiger partial charge on any atom is -0.381 e. The summed E-state index contributed by atoms with van der Waals surface area (Å²) in [5.74, 6) is 0. The van der Waals surface area contributed by atoms with E-state index in [1.165, 1.54) is 41.3 Å². The molecule has 1 atom stereocenters. The normalized spacial score (nSPS) is 27.7. The lowest BCUT2D eigenvalue weighted by molar-refractivity contribution is -0.140. The number of ether oxygens (including phenoxy) is 2. The van der Waals surface area contributed by atoms with E-state index in [1.807, 2.05) is 11.3 Å². The van der Waals surface area contributed by atoms with Crippen LogP contribution >= 0.6 is 11.3 Å². The molecule has 2 fully saturated rings. The summed E-state index contributed by atoms with van der Waals surface area (Å²) >= 11 is 1.93. The van der Waals surface area contributed by atoms with Crippen LogP contribution in [0.5, 0.6) is 0 Å². The molecule has 0 saturated carbocycles. The van der Waals surface area contributed by atoms with Crippen molar-refractivity contribution in [2.24, 2.45) is 0 Å². The van der Waals surface area contributed by atoms with Gasteiger partial charge in [0.1, 0.15) is 5.01 Å². The zero-order chi connectivity index (χ0) is 14.8. The Kier molecular flexibility index (Phi) is 4.49. The number of thiazole rings is 1. The minimum absolute atomic E-state index is 0.0796. The first-order valence-corrected chi connectivity index (χ1v) is 9.57. The van der Waals surface area contributed by atoms with Crippen molar-refractivity contribution < 1.29 is 9.47 Å². The van der Waals surface area contributed by atoms with E-state index < -0.39 is 0 Å². The van der Waals surface area contributed by atoms with Crippen LogP contribution in [0.2, 0.25) is 0 Å². The van der Waals surface area contributed by atoms with Crippen molar-refractivity contribution in [1.29, 1.82) is 0 Å². The van der Waals surface area contributed by atoms with Gasteiger partial charge in [-0.1, -0.05) is 0 Å². The van der Waals surface area contributed by atoms with Gasteiger partial charge in [-0.15, -0.1) is 11.3 Å². The number of hydrogen-bond donors (Lipinski definition) is 1. The summed E-state index contributed by atoms with van der Waals surface area (Å²) < 4.78 is 11.6. The second-order valence-electron chi connectivity index (χ2n) is 6.90. The smallest absolute Gasteiger partial charge is 0.107 e. The topological polar surface area (TPSA) is 43.4 Å². The molecule has 4 rings (SSSR count). The van der Waals surface area contributed by atoms with Gasteiger partial charge in [0.2, 0.25) is 0 Å². The third-order valence-corrected chi connectivity index (χ3v) is 6.49. The molecule has 0 radical (unpaired) electrons. The molecule has 1 spiro atoms. The first-order valence-electron chi connectivity index (χ1n) is 8.76. The van der Waals surface area contributed by atoms with Crippen LogP contribution in [0.25, 0.3) is 0 Å². The van der Waals surface area contributed by atoms with Crippen LogP contribution < -0.4 is 5.32 Å². The molecule has 1 aromatic rings. The van der Waals surface area contributed by atoms with Gasteiger partial charge in [-0.3, -0.25) is 0 Å². The second-order valence-corrected chi connectivity index (χ2v) is 8.07. The molecule has 5 heteroatoms. The lowest BCUT2D eigenvalue weighted by Crippen LogP contribution is -2.49. The van der Waals surface area contributed by atoms with Crippen LogP contribution in [0.15, 0.2) is 0 Å². The molecule has 3 heterocycles. The summed E-state index contributed by atoms with van der Waals surface area (Å²) in [6, 6.07) is 0.563. The Bertz CT molecular complexity index is 482. The number of nitrogens with one attached hydrogen (secondary N) is 1. The van der Waals surface area contributed by atoms with Gasteiger partial charge >= 0.3 is 0 Å². The Labute approximate surface area is 136 Å². The fourth-order valence-electron chi connectivity index (χ4n) is 4.01. The van der Waals surface area contributed by atoms with Crippen molar-refractivity contribution in [2.75, 3.05) is 19.8 Å². The van der Waals surface area contributed by atoms with E-state index in [0.717, 1.165) is 52.0 Å². The van der Waals surface area contributed by atoms with Crippen LogP contribution in [0, 0.1) is 0 Å². The van der Waals surface area contributed by atoms with E-state index in [0.29, 0.717) is 6.04 Å². The number of hydrogen-bond acceptors (Lipinski definition) is 5. The molecular formula is C17H26N2O2S. The molecule has 2 aliphatic heterocycles. The zero-order valence-corrected chi connectivity index (χ0v) is 14.1. The fourth-order valence-corrected chi connectivity index (χ4v) is 5.11. The highest BCUT2D eigenvalue weighted by Crippen LogP contribution is 2.34. The number of aryl methyl sites for hydroxylation is 2. The highest BCUT2D eigenvalue weighted by molar-refractivity contribution is 7.11. The van der Waals surface area contributed by atoms with Crippen molar-refractivity contribution in [3.63, 3.8) is 0 Å². The first-order chi connectivity index (χ1) is 10.8. The lowest BCUT2D eigenvalue weighted by atomic mass is 9.84. The summed E-state index contributed by atoms with van der Waals surface area (Å²) in [7, 11) is 0. The van der Waals surface area contributed by atoms with E-state index in [4.69, 9.17) is 14.5 Å². The van der Waals surface area contributed by atoms with Crippen LogP contribution in [0.4, 0.5) is 0 Å². The fraction of sp³-hybridized carbons (Fsp3) is 0.824.